The fraction of sp³-hybridized carbons (Fsp3) is 0.158. The molecule has 0 fully saturated rings. The van der Waals surface area contributed by atoms with Crippen molar-refractivity contribution >= 4 is 34.9 Å². The summed E-state index contributed by atoms with van der Waals surface area (Å²) in [5.74, 6) is 0.888. The molecule has 3 aromatic rings. The van der Waals surface area contributed by atoms with E-state index in [-0.39, 0.29) is 5.91 Å². The van der Waals surface area contributed by atoms with Crippen LogP contribution in [0, 0.1) is 6.92 Å². The molecule has 134 valence electrons. The minimum absolute atomic E-state index is 0.240. The molecule has 26 heavy (non-hydrogen) atoms. The number of amides is 1. The highest BCUT2D eigenvalue weighted by Crippen LogP contribution is 2.23. The van der Waals surface area contributed by atoms with Crippen LogP contribution in [0.15, 0.2) is 48.7 Å². The van der Waals surface area contributed by atoms with E-state index in [1.165, 1.54) is 0 Å². The van der Waals surface area contributed by atoms with Gasteiger partial charge in [-0.25, -0.2) is 0 Å². The van der Waals surface area contributed by atoms with Crippen LogP contribution in [0.4, 0.5) is 5.82 Å². The third-order valence-electron chi connectivity index (χ3n) is 3.98. The standard InChI is InChI=1S/C19H17Cl2N3O2/c1-12-15(4-3-5-17(12)26-2)19(25)22-18-8-9-24(23-18)11-13-6-7-14(20)10-16(13)21/h3-10H,11H2,1-2H3,(H,22,23,25). The zero-order valence-corrected chi connectivity index (χ0v) is 15.8. The van der Waals surface area contributed by atoms with Gasteiger partial charge in [0.25, 0.3) is 5.91 Å². The van der Waals surface area contributed by atoms with Crippen LogP contribution >= 0.6 is 23.2 Å². The second kappa shape index (κ2) is 7.81. The largest absolute Gasteiger partial charge is 0.496 e. The molecule has 5 nitrogen and oxygen atoms in total. The molecule has 0 saturated heterocycles. The molecule has 0 saturated carbocycles. The first kappa shape index (κ1) is 18.3. The Hall–Kier alpha value is -2.50. The monoisotopic (exact) mass is 389 g/mol. The number of benzene rings is 2. The van der Waals surface area contributed by atoms with Gasteiger partial charge in [-0.3, -0.25) is 9.48 Å². The summed E-state index contributed by atoms with van der Waals surface area (Å²) in [5.41, 5.74) is 2.21. The van der Waals surface area contributed by atoms with Crippen molar-refractivity contribution in [3.63, 3.8) is 0 Å². The summed E-state index contributed by atoms with van der Waals surface area (Å²) in [6, 6.07) is 12.4. The molecule has 7 heteroatoms. The summed E-state index contributed by atoms with van der Waals surface area (Å²) in [5, 5.41) is 8.33. The average Bonchev–Trinajstić information content (AvgIpc) is 3.04. The van der Waals surface area contributed by atoms with Gasteiger partial charge in [0.1, 0.15) is 5.75 Å². The topological polar surface area (TPSA) is 56.1 Å². The quantitative estimate of drug-likeness (QED) is 0.681. The molecule has 0 unspecified atom stereocenters. The van der Waals surface area contributed by atoms with E-state index < -0.39 is 0 Å². The van der Waals surface area contributed by atoms with Crippen LogP contribution in [0.1, 0.15) is 21.5 Å². The van der Waals surface area contributed by atoms with Gasteiger partial charge in [-0.2, -0.15) is 5.10 Å². The van der Waals surface area contributed by atoms with Crippen molar-refractivity contribution in [2.75, 3.05) is 12.4 Å². The van der Waals surface area contributed by atoms with Gasteiger partial charge in [0.15, 0.2) is 5.82 Å². The third kappa shape index (κ3) is 4.00. The second-order valence-corrected chi connectivity index (χ2v) is 6.56. The minimum Gasteiger partial charge on any atom is -0.496 e. The van der Waals surface area contributed by atoms with Crippen LogP contribution in [0.3, 0.4) is 0 Å². The van der Waals surface area contributed by atoms with E-state index in [2.05, 4.69) is 10.4 Å². The van der Waals surface area contributed by atoms with Crippen LogP contribution in [-0.4, -0.2) is 22.8 Å². The second-order valence-electron chi connectivity index (χ2n) is 5.72. The lowest BCUT2D eigenvalue weighted by atomic mass is 10.1. The lowest BCUT2D eigenvalue weighted by molar-refractivity contribution is 0.102. The zero-order valence-electron chi connectivity index (χ0n) is 14.3. The van der Waals surface area contributed by atoms with E-state index in [0.29, 0.717) is 33.7 Å². The van der Waals surface area contributed by atoms with Crippen molar-refractivity contribution < 1.29 is 9.53 Å². The number of anilines is 1. The van der Waals surface area contributed by atoms with Crippen molar-refractivity contribution in [2.24, 2.45) is 0 Å². The number of hydrogen-bond donors (Lipinski definition) is 1. The Balaban J connectivity index is 1.73. The number of hydrogen-bond acceptors (Lipinski definition) is 3. The first-order chi connectivity index (χ1) is 12.5. The summed E-state index contributed by atoms with van der Waals surface area (Å²) in [4.78, 5) is 12.5. The fourth-order valence-electron chi connectivity index (χ4n) is 2.61. The highest BCUT2D eigenvalue weighted by Gasteiger charge is 2.13. The maximum Gasteiger partial charge on any atom is 0.257 e. The number of halogens is 2. The summed E-state index contributed by atoms with van der Waals surface area (Å²) in [7, 11) is 1.58. The number of nitrogens with zero attached hydrogens (tertiary/aromatic N) is 2. The van der Waals surface area contributed by atoms with Crippen LogP contribution in [0.2, 0.25) is 10.0 Å². The summed E-state index contributed by atoms with van der Waals surface area (Å²) < 4.78 is 6.95. The van der Waals surface area contributed by atoms with Crippen LogP contribution in [0.25, 0.3) is 0 Å². The van der Waals surface area contributed by atoms with Gasteiger partial charge in [0, 0.05) is 33.4 Å². The van der Waals surface area contributed by atoms with Crippen LogP contribution < -0.4 is 10.1 Å². The summed E-state index contributed by atoms with van der Waals surface area (Å²) >= 11 is 12.1. The van der Waals surface area contributed by atoms with E-state index >= 15 is 0 Å². The SMILES string of the molecule is COc1cccc(C(=O)Nc2ccn(Cc3ccc(Cl)cc3Cl)n2)c1C. The van der Waals surface area contributed by atoms with E-state index in [1.807, 2.05) is 19.1 Å². The van der Waals surface area contributed by atoms with E-state index in [9.17, 15) is 4.79 Å². The molecule has 1 amide bonds. The number of aromatic nitrogens is 2. The van der Waals surface area contributed by atoms with Gasteiger partial charge in [-0.05, 0) is 36.8 Å². The summed E-state index contributed by atoms with van der Waals surface area (Å²) in [6.45, 7) is 2.32. The molecule has 0 bridgehead atoms. The van der Waals surface area contributed by atoms with Gasteiger partial charge >= 0.3 is 0 Å². The number of methoxy groups -OCH3 is 1. The van der Waals surface area contributed by atoms with Crippen molar-refractivity contribution in [3.8, 4) is 5.75 Å². The Morgan fingerprint density at radius 3 is 2.77 bits per heavy atom. The molecule has 1 heterocycles. The maximum atomic E-state index is 12.5. The highest BCUT2D eigenvalue weighted by molar-refractivity contribution is 6.35. The Kier molecular flexibility index (Phi) is 5.49. The average molecular weight is 390 g/mol. The Bertz CT molecular complexity index is 954. The predicted molar refractivity (Wildman–Crippen MR) is 103 cm³/mol. The molecular weight excluding hydrogens is 373 g/mol. The Morgan fingerprint density at radius 1 is 1.23 bits per heavy atom. The van der Waals surface area contributed by atoms with Crippen LogP contribution in [0.5, 0.6) is 5.75 Å². The normalized spacial score (nSPS) is 10.6. The molecule has 2 aromatic carbocycles. The summed E-state index contributed by atoms with van der Waals surface area (Å²) in [6.07, 6.45) is 1.78. The fourth-order valence-corrected chi connectivity index (χ4v) is 3.07. The third-order valence-corrected chi connectivity index (χ3v) is 4.57. The molecule has 0 spiro atoms. The number of ether oxygens (including phenoxy) is 1. The molecule has 1 N–H and O–H groups in total. The zero-order chi connectivity index (χ0) is 18.7. The van der Waals surface area contributed by atoms with E-state index in [1.54, 1.807) is 48.3 Å². The van der Waals surface area contributed by atoms with Gasteiger partial charge in [0.05, 0.1) is 13.7 Å². The van der Waals surface area contributed by atoms with Crippen molar-refractivity contribution in [1.29, 1.82) is 0 Å². The maximum absolute atomic E-state index is 12.5. The smallest absolute Gasteiger partial charge is 0.257 e. The Morgan fingerprint density at radius 2 is 2.04 bits per heavy atom. The van der Waals surface area contributed by atoms with Crippen LogP contribution in [-0.2, 0) is 6.54 Å². The number of carbonyl (C=O) groups excluding carboxylic acids is 1. The first-order valence-electron chi connectivity index (χ1n) is 7.90. The highest BCUT2D eigenvalue weighted by atomic mass is 35.5. The van der Waals surface area contributed by atoms with Gasteiger partial charge in [-0.1, -0.05) is 35.3 Å². The van der Waals surface area contributed by atoms with Crippen molar-refractivity contribution in [1.82, 2.24) is 9.78 Å². The number of nitrogens with one attached hydrogen (secondary N) is 1. The molecule has 0 radical (unpaired) electrons. The molecule has 3 rings (SSSR count). The molecule has 0 aliphatic carbocycles. The molecule has 0 aliphatic rings. The molecule has 0 atom stereocenters. The van der Waals surface area contributed by atoms with Gasteiger partial charge in [-0.15, -0.1) is 0 Å². The van der Waals surface area contributed by atoms with E-state index in [0.717, 1.165) is 11.1 Å². The predicted octanol–water partition coefficient (Wildman–Crippen LogP) is 4.81. The van der Waals surface area contributed by atoms with Crippen molar-refractivity contribution in [2.45, 2.75) is 13.5 Å². The molecular formula is C19H17Cl2N3O2. The van der Waals surface area contributed by atoms with Gasteiger partial charge < -0.3 is 10.1 Å². The number of carbonyl (C=O) groups is 1. The lowest BCUT2D eigenvalue weighted by Gasteiger charge is -2.09. The molecule has 1 aromatic heterocycles. The minimum atomic E-state index is -0.240. The van der Waals surface area contributed by atoms with E-state index in [4.69, 9.17) is 27.9 Å². The van der Waals surface area contributed by atoms with Crippen molar-refractivity contribution in [3.05, 3.63) is 75.4 Å². The molecule has 0 aliphatic heterocycles. The van der Waals surface area contributed by atoms with Gasteiger partial charge in [0.2, 0.25) is 0 Å². The number of rotatable bonds is 5. The Labute approximate surface area is 161 Å². The first-order valence-corrected chi connectivity index (χ1v) is 8.66. The lowest BCUT2D eigenvalue weighted by Crippen LogP contribution is -2.14.